The van der Waals surface area contributed by atoms with Crippen molar-refractivity contribution in [2.24, 2.45) is 5.92 Å². The summed E-state index contributed by atoms with van der Waals surface area (Å²) < 4.78 is 1.93. The molecule has 1 N–H and O–H groups in total. The molecule has 0 aliphatic heterocycles. The fourth-order valence-electron chi connectivity index (χ4n) is 1.67. The van der Waals surface area contributed by atoms with Crippen molar-refractivity contribution in [1.29, 1.82) is 0 Å². The minimum absolute atomic E-state index is 0.0183. The molecule has 0 spiro atoms. The van der Waals surface area contributed by atoms with Crippen LogP contribution in [0.2, 0.25) is 0 Å². The molecule has 4 heteroatoms. The third kappa shape index (κ3) is 2.97. The average molecular weight is 394 g/mol. The van der Waals surface area contributed by atoms with E-state index in [-0.39, 0.29) is 11.9 Å². The number of nitrogens with one attached hydrogen (secondary N) is 1. The smallest absolute Gasteiger partial charge is 0.252 e. The van der Waals surface area contributed by atoms with Gasteiger partial charge in [0.2, 0.25) is 0 Å². The van der Waals surface area contributed by atoms with E-state index < -0.39 is 0 Å². The van der Waals surface area contributed by atoms with E-state index in [1.165, 1.54) is 12.8 Å². The largest absolute Gasteiger partial charge is 0.349 e. The predicted molar refractivity (Wildman–Crippen MR) is 76.5 cm³/mol. The summed E-state index contributed by atoms with van der Waals surface area (Å²) in [6.07, 6.45) is 2.49. The summed E-state index contributed by atoms with van der Waals surface area (Å²) in [5, 5.41) is 3.05. The SMILES string of the molecule is C[C@@H](NC(=O)c1cc(I)ccc1Br)C1CC1. The predicted octanol–water partition coefficient (Wildman–Crippen LogP) is 3.58. The fourth-order valence-corrected chi connectivity index (χ4v) is 2.59. The summed E-state index contributed by atoms with van der Waals surface area (Å²) >= 11 is 5.62. The van der Waals surface area contributed by atoms with Gasteiger partial charge in [-0.1, -0.05) is 0 Å². The van der Waals surface area contributed by atoms with E-state index in [4.69, 9.17) is 0 Å². The quantitative estimate of drug-likeness (QED) is 0.781. The van der Waals surface area contributed by atoms with Gasteiger partial charge in [0.05, 0.1) is 5.56 Å². The van der Waals surface area contributed by atoms with Crippen molar-refractivity contribution in [3.05, 3.63) is 31.8 Å². The molecule has 1 aliphatic rings. The molecule has 0 unspecified atom stereocenters. The number of carbonyl (C=O) groups excluding carboxylic acids is 1. The van der Waals surface area contributed by atoms with Crippen LogP contribution in [0.3, 0.4) is 0 Å². The summed E-state index contributed by atoms with van der Waals surface area (Å²) in [4.78, 5) is 12.0. The van der Waals surface area contributed by atoms with Gasteiger partial charge >= 0.3 is 0 Å². The molecule has 1 aliphatic carbocycles. The molecule has 86 valence electrons. The van der Waals surface area contributed by atoms with Crippen LogP contribution in [0, 0.1) is 9.49 Å². The second-order valence-electron chi connectivity index (χ2n) is 4.22. The topological polar surface area (TPSA) is 29.1 Å². The van der Waals surface area contributed by atoms with E-state index in [1.54, 1.807) is 0 Å². The third-order valence-corrected chi connectivity index (χ3v) is 4.22. The van der Waals surface area contributed by atoms with Crippen LogP contribution in [-0.4, -0.2) is 11.9 Å². The molecule has 1 atom stereocenters. The number of hydrogen-bond acceptors (Lipinski definition) is 1. The zero-order valence-corrected chi connectivity index (χ0v) is 12.7. The normalized spacial score (nSPS) is 16.9. The first-order chi connectivity index (χ1) is 7.58. The number of hydrogen-bond donors (Lipinski definition) is 1. The molecule has 2 nitrogen and oxygen atoms in total. The Morgan fingerprint density at radius 1 is 1.56 bits per heavy atom. The Morgan fingerprint density at radius 2 is 2.25 bits per heavy atom. The molecule has 0 saturated heterocycles. The van der Waals surface area contributed by atoms with Crippen LogP contribution in [-0.2, 0) is 0 Å². The van der Waals surface area contributed by atoms with Gasteiger partial charge < -0.3 is 5.32 Å². The van der Waals surface area contributed by atoms with Crippen LogP contribution < -0.4 is 5.32 Å². The van der Waals surface area contributed by atoms with Gasteiger partial charge in [0.1, 0.15) is 0 Å². The van der Waals surface area contributed by atoms with Crippen LogP contribution in [0.25, 0.3) is 0 Å². The van der Waals surface area contributed by atoms with E-state index >= 15 is 0 Å². The minimum atomic E-state index is 0.0183. The van der Waals surface area contributed by atoms with Crippen molar-refractivity contribution in [2.75, 3.05) is 0 Å². The highest BCUT2D eigenvalue weighted by atomic mass is 127. The van der Waals surface area contributed by atoms with Gasteiger partial charge in [-0.2, -0.15) is 0 Å². The van der Waals surface area contributed by atoms with Crippen LogP contribution >= 0.6 is 38.5 Å². The maximum Gasteiger partial charge on any atom is 0.252 e. The standard InChI is InChI=1S/C12H13BrINO/c1-7(8-2-3-8)15-12(16)10-6-9(14)4-5-11(10)13/h4-8H,2-3H2,1H3,(H,15,16)/t7-/m1/s1. The van der Waals surface area contributed by atoms with Gasteiger partial charge in [0.15, 0.2) is 0 Å². The van der Waals surface area contributed by atoms with E-state index in [2.05, 4.69) is 50.8 Å². The highest BCUT2D eigenvalue weighted by molar-refractivity contribution is 14.1. The van der Waals surface area contributed by atoms with E-state index in [0.717, 1.165) is 13.6 Å². The lowest BCUT2D eigenvalue weighted by atomic mass is 10.1. The van der Waals surface area contributed by atoms with Crippen molar-refractivity contribution >= 4 is 44.4 Å². The molecular weight excluding hydrogens is 381 g/mol. The Labute approximate surface area is 117 Å². The molecule has 1 fully saturated rings. The van der Waals surface area contributed by atoms with Crippen molar-refractivity contribution in [1.82, 2.24) is 5.32 Å². The third-order valence-electron chi connectivity index (χ3n) is 2.86. The molecule has 2 rings (SSSR count). The first-order valence-electron chi connectivity index (χ1n) is 5.34. The molecule has 1 aromatic carbocycles. The van der Waals surface area contributed by atoms with Crippen molar-refractivity contribution in [2.45, 2.75) is 25.8 Å². The zero-order chi connectivity index (χ0) is 11.7. The zero-order valence-electron chi connectivity index (χ0n) is 8.97. The maximum absolute atomic E-state index is 12.0. The Balaban J connectivity index is 2.10. The molecular formula is C12H13BrINO. The average Bonchev–Trinajstić information content (AvgIpc) is 3.04. The van der Waals surface area contributed by atoms with Crippen LogP contribution in [0.4, 0.5) is 0 Å². The van der Waals surface area contributed by atoms with Crippen LogP contribution in [0.1, 0.15) is 30.1 Å². The summed E-state index contributed by atoms with van der Waals surface area (Å²) in [7, 11) is 0. The Hall–Kier alpha value is -0.100. The second kappa shape index (κ2) is 5.04. The highest BCUT2D eigenvalue weighted by Gasteiger charge is 2.29. The molecule has 16 heavy (non-hydrogen) atoms. The first-order valence-corrected chi connectivity index (χ1v) is 7.21. The molecule has 1 aromatic rings. The Bertz CT molecular complexity index is 417. The summed E-state index contributed by atoms with van der Waals surface area (Å²) in [6.45, 7) is 2.08. The first kappa shape index (κ1) is 12.4. The van der Waals surface area contributed by atoms with Gasteiger partial charge in [0, 0.05) is 14.1 Å². The Morgan fingerprint density at radius 3 is 2.88 bits per heavy atom. The summed E-state index contributed by atoms with van der Waals surface area (Å²) in [6, 6.07) is 6.08. The molecule has 0 aromatic heterocycles. The van der Waals surface area contributed by atoms with Crippen LogP contribution in [0.5, 0.6) is 0 Å². The van der Waals surface area contributed by atoms with Gasteiger partial charge in [0.25, 0.3) is 5.91 Å². The molecule has 0 bridgehead atoms. The van der Waals surface area contributed by atoms with Gasteiger partial charge in [-0.15, -0.1) is 0 Å². The van der Waals surface area contributed by atoms with E-state index in [9.17, 15) is 4.79 Å². The van der Waals surface area contributed by atoms with Gasteiger partial charge in [-0.25, -0.2) is 0 Å². The van der Waals surface area contributed by atoms with E-state index in [1.807, 2.05) is 18.2 Å². The molecule has 1 amide bonds. The molecule has 1 saturated carbocycles. The minimum Gasteiger partial charge on any atom is -0.349 e. The Kier molecular flexibility index (Phi) is 3.89. The summed E-state index contributed by atoms with van der Waals surface area (Å²) in [5.74, 6) is 0.704. The van der Waals surface area contributed by atoms with Crippen molar-refractivity contribution in [3.63, 3.8) is 0 Å². The van der Waals surface area contributed by atoms with Gasteiger partial charge in [-0.3, -0.25) is 4.79 Å². The number of halogens is 2. The fraction of sp³-hybridized carbons (Fsp3) is 0.417. The lowest BCUT2D eigenvalue weighted by Crippen LogP contribution is -2.34. The van der Waals surface area contributed by atoms with Gasteiger partial charge in [-0.05, 0) is 82.4 Å². The lowest BCUT2D eigenvalue weighted by Gasteiger charge is -2.13. The number of benzene rings is 1. The number of amides is 1. The summed E-state index contributed by atoms with van der Waals surface area (Å²) in [5.41, 5.74) is 0.722. The van der Waals surface area contributed by atoms with Crippen molar-refractivity contribution < 1.29 is 4.79 Å². The maximum atomic E-state index is 12.0. The highest BCUT2D eigenvalue weighted by Crippen LogP contribution is 2.32. The number of carbonyl (C=O) groups is 1. The monoisotopic (exact) mass is 393 g/mol. The van der Waals surface area contributed by atoms with Crippen LogP contribution in [0.15, 0.2) is 22.7 Å². The van der Waals surface area contributed by atoms with E-state index in [0.29, 0.717) is 5.92 Å². The second-order valence-corrected chi connectivity index (χ2v) is 6.32. The lowest BCUT2D eigenvalue weighted by molar-refractivity contribution is 0.0935. The van der Waals surface area contributed by atoms with Crippen molar-refractivity contribution in [3.8, 4) is 0 Å². The number of rotatable bonds is 3. The molecule has 0 heterocycles. The molecule has 0 radical (unpaired) electrons.